The smallest absolute Gasteiger partial charge is 0.223 e. The van der Waals surface area contributed by atoms with Crippen LogP contribution in [0.3, 0.4) is 0 Å². The van der Waals surface area contributed by atoms with Gasteiger partial charge in [0.2, 0.25) is 5.91 Å². The molecule has 1 aromatic heterocycles. The van der Waals surface area contributed by atoms with Crippen LogP contribution in [-0.4, -0.2) is 98.6 Å². The predicted molar refractivity (Wildman–Crippen MR) is 146 cm³/mol. The van der Waals surface area contributed by atoms with Crippen molar-refractivity contribution in [3.05, 3.63) is 53.6 Å². The van der Waals surface area contributed by atoms with Gasteiger partial charge in [-0.3, -0.25) is 4.79 Å². The molecule has 9 nitrogen and oxygen atoms in total. The Morgan fingerprint density at radius 3 is 2.59 bits per heavy atom. The van der Waals surface area contributed by atoms with E-state index in [2.05, 4.69) is 20.3 Å². The number of methoxy groups -OCH3 is 1. The molecular formula is C28H34N6O3. The average Bonchev–Trinajstić information content (AvgIpc) is 3.26. The molecule has 0 spiro atoms. The molecule has 2 aliphatic rings. The van der Waals surface area contributed by atoms with Gasteiger partial charge in [-0.25, -0.2) is 4.98 Å². The van der Waals surface area contributed by atoms with Crippen LogP contribution in [0.1, 0.15) is 17.5 Å². The van der Waals surface area contributed by atoms with Gasteiger partial charge in [0.25, 0.3) is 0 Å². The first-order chi connectivity index (χ1) is 18.0. The van der Waals surface area contributed by atoms with Crippen molar-refractivity contribution in [2.45, 2.75) is 6.42 Å². The van der Waals surface area contributed by atoms with Crippen LogP contribution in [0.2, 0.25) is 0 Å². The molecule has 1 fully saturated rings. The second-order valence-electron chi connectivity index (χ2n) is 9.73. The maximum atomic E-state index is 12.8. The van der Waals surface area contributed by atoms with Crippen molar-refractivity contribution < 1.29 is 14.7 Å². The Balaban J connectivity index is 1.40. The number of hydrogen-bond donors (Lipinski definition) is 2. The molecule has 1 amide bonds. The number of carbonyl (C=O) groups excluding carboxylic acids is 1. The van der Waals surface area contributed by atoms with E-state index >= 15 is 0 Å². The summed E-state index contributed by atoms with van der Waals surface area (Å²) in [6, 6.07) is 13.8. The lowest BCUT2D eigenvalue weighted by Gasteiger charge is -2.36. The van der Waals surface area contributed by atoms with Crippen LogP contribution >= 0.6 is 0 Å². The van der Waals surface area contributed by atoms with Gasteiger partial charge < -0.3 is 30.0 Å². The van der Waals surface area contributed by atoms with Crippen molar-refractivity contribution >= 4 is 28.3 Å². The van der Waals surface area contributed by atoms with Crippen molar-refractivity contribution in [2.24, 2.45) is 5.16 Å². The molecule has 1 aliphatic heterocycles. The number of anilines is 1. The minimum absolute atomic E-state index is 0.181. The summed E-state index contributed by atoms with van der Waals surface area (Å²) in [6.07, 6.45) is 0.503. The molecule has 2 N–H and O–H groups in total. The number of piperazine rings is 1. The fourth-order valence-electron chi connectivity index (χ4n) is 5.18. The number of carbonyl (C=O) groups is 1. The number of benzene rings is 2. The van der Waals surface area contributed by atoms with Crippen molar-refractivity contribution in [1.29, 1.82) is 0 Å². The summed E-state index contributed by atoms with van der Waals surface area (Å²) < 4.78 is 5.44. The van der Waals surface area contributed by atoms with E-state index in [9.17, 15) is 10.0 Å². The number of nitrogens with zero attached hydrogens (tertiary/aromatic N) is 5. The summed E-state index contributed by atoms with van der Waals surface area (Å²) in [5.74, 6) is 1.74. The van der Waals surface area contributed by atoms with Crippen molar-refractivity contribution in [1.82, 2.24) is 20.1 Å². The van der Waals surface area contributed by atoms with Gasteiger partial charge in [-0.2, -0.15) is 0 Å². The average molecular weight is 503 g/mol. The van der Waals surface area contributed by atoms with Crippen LogP contribution in [-0.2, 0) is 4.79 Å². The highest BCUT2D eigenvalue weighted by atomic mass is 16.5. The zero-order chi connectivity index (χ0) is 25.9. The van der Waals surface area contributed by atoms with Gasteiger partial charge in [-0.1, -0.05) is 23.4 Å². The SMILES string of the molecule is COc1ccc2c(c1)/C(=N/O)c1c-2c(N2CCN(C(=O)CCNCCN(C)C)CC2)nc2ccccc12. The van der Waals surface area contributed by atoms with Crippen LogP contribution in [0.4, 0.5) is 5.82 Å². The third kappa shape index (κ3) is 4.84. The maximum absolute atomic E-state index is 12.8. The van der Waals surface area contributed by atoms with E-state index in [4.69, 9.17) is 9.72 Å². The molecule has 194 valence electrons. The van der Waals surface area contributed by atoms with Gasteiger partial charge in [0.1, 0.15) is 17.3 Å². The maximum Gasteiger partial charge on any atom is 0.223 e. The summed E-state index contributed by atoms with van der Waals surface area (Å²) >= 11 is 0. The highest BCUT2D eigenvalue weighted by Gasteiger charge is 2.34. The summed E-state index contributed by atoms with van der Waals surface area (Å²) in [5, 5.41) is 18.1. The number of likely N-dealkylation sites (N-methyl/N-ethyl adjacent to an activating group) is 1. The standard InChI is InChI=1S/C28H34N6O3/c1-32(2)13-12-29-11-10-24(35)33-14-16-34(17-15-33)28-26-20-9-8-19(37-3)18-22(20)27(31-36)25(26)21-6-4-5-7-23(21)30-28/h4-9,18,29,36H,10-17H2,1-3H3/b31-27-. The normalized spacial score (nSPS) is 15.9. The summed E-state index contributed by atoms with van der Waals surface area (Å²) in [4.78, 5) is 24.2. The van der Waals surface area contributed by atoms with Gasteiger partial charge in [0, 0.05) is 74.3 Å². The second-order valence-corrected chi connectivity index (χ2v) is 9.73. The molecule has 0 radical (unpaired) electrons. The molecule has 1 saturated heterocycles. The highest BCUT2D eigenvalue weighted by Crippen LogP contribution is 2.46. The summed E-state index contributed by atoms with van der Waals surface area (Å²) in [5.41, 5.74) is 5.02. The quantitative estimate of drug-likeness (QED) is 0.217. The molecule has 3 aromatic rings. The number of aromatic nitrogens is 1. The third-order valence-corrected chi connectivity index (χ3v) is 7.14. The number of fused-ring (bicyclic) bond motifs is 5. The zero-order valence-electron chi connectivity index (χ0n) is 21.7. The van der Waals surface area contributed by atoms with Crippen LogP contribution in [0.25, 0.3) is 22.0 Å². The Kier molecular flexibility index (Phi) is 7.25. The zero-order valence-corrected chi connectivity index (χ0v) is 21.7. The molecule has 0 bridgehead atoms. The molecule has 0 unspecified atom stereocenters. The number of oxime groups is 1. The second kappa shape index (κ2) is 10.7. The molecular weight excluding hydrogens is 468 g/mol. The number of pyridine rings is 1. The Morgan fingerprint density at radius 1 is 1.08 bits per heavy atom. The predicted octanol–water partition coefficient (Wildman–Crippen LogP) is 2.64. The Morgan fingerprint density at radius 2 is 1.86 bits per heavy atom. The molecule has 9 heteroatoms. The molecule has 0 saturated carbocycles. The first-order valence-electron chi connectivity index (χ1n) is 12.7. The fourth-order valence-corrected chi connectivity index (χ4v) is 5.18. The number of nitrogens with one attached hydrogen (secondary N) is 1. The molecule has 1 aliphatic carbocycles. The molecule has 37 heavy (non-hydrogen) atoms. The number of amides is 1. The molecule has 5 rings (SSSR count). The number of ether oxygens (including phenoxy) is 1. The van der Waals surface area contributed by atoms with Crippen LogP contribution in [0.5, 0.6) is 5.75 Å². The van der Waals surface area contributed by atoms with E-state index in [1.54, 1.807) is 7.11 Å². The first-order valence-corrected chi connectivity index (χ1v) is 12.7. The van der Waals surface area contributed by atoms with Crippen LogP contribution < -0.4 is 15.0 Å². The minimum Gasteiger partial charge on any atom is -0.497 e. The van der Waals surface area contributed by atoms with E-state index < -0.39 is 0 Å². The van der Waals surface area contributed by atoms with Gasteiger partial charge in [-0.05, 0) is 43.9 Å². The number of hydrogen-bond acceptors (Lipinski definition) is 8. The van der Waals surface area contributed by atoms with E-state index in [-0.39, 0.29) is 5.91 Å². The molecule has 2 aromatic carbocycles. The number of rotatable bonds is 8. The lowest BCUT2D eigenvalue weighted by molar-refractivity contribution is -0.131. The summed E-state index contributed by atoms with van der Waals surface area (Å²) in [6.45, 7) is 5.19. The Hall–Kier alpha value is -3.69. The van der Waals surface area contributed by atoms with Crippen molar-refractivity contribution in [3.63, 3.8) is 0 Å². The lowest BCUT2D eigenvalue weighted by Crippen LogP contribution is -2.49. The Bertz CT molecular complexity index is 1330. The van der Waals surface area contributed by atoms with Crippen molar-refractivity contribution in [2.75, 3.05) is 71.9 Å². The van der Waals surface area contributed by atoms with Crippen LogP contribution in [0.15, 0.2) is 47.6 Å². The Labute approximate surface area is 217 Å². The largest absolute Gasteiger partial charge is 0.497 e. The minimum atomic E-state index is 0.181. The molecule has 0 atom stereocenters. The van der Waals surface area contributed by atoms with E-state index in [0.717, 1.165) is 52.1 Å². The highest BCUT2D eigenvalue weighted by molar-refractivity contribution is 6.30. The third-order valence-electron chi connectivity index (χ3n) is 7.14. The fraction of sp³-hybridized carbons (Fsp3) is 0.393. The van der Waals surface area contributed by atoms with Gasteiger partial charge in [0.05, 0.1) is 12.6 Å². The van der Waals surface area contributed by atoms with Gasteiger partial charge >= 0.3 is 0 Å². The van der Waals surface area contributed by atoms with E-state index in [1.807, 2.05) is 61.5 Å². The van der Waals surface area contributed by atoms with E-state index in [1.165, 1.54) is 0 Å². The van der Waals surface area contributed by atoms with Crippen molar-refractivity contribution in [3.8, 4) is 16.9 Å². The van der Waals surface area contributed by atoms with E-state index in [0.29, 0.717) is 50.6 Å². The molecule has 2 heterocycles. The topological polar surface area (TPSA) is 93.5 Å². The van der Waals surface area contributed by atoms with Crippen LogP contribution in [0, 0.1) is 0 Å². The van der Waals surface area contributed by atoms with Gasteiger partial charge in [0.15, 0.2) is 0 Å². The first kappa shape index (κ1) is 25.0. The van der Waals surface area contributed by atoms with Gasteiger partial charge in [-0.15, -0.1) is 0 Å². The number of para-hydroxylation sites is 1. The lowest BCUT2D eigenvalue weighted by atomic mass is 10.0. The summed E-state index contributed by atoms with van der Waals surface area (Å²) in [7, 11) is 5.71. The monoisotopic (exact) mass is 502 g/mol.